The van der Waals surface area contributed by atoms with E-state index in [0.29, 0.717) is 5.76 Å². The second kappa shape index (κ2) is 3.26. The van der Waals surface area contributed by atoms with Crippen LogP contribution in [0.25, 0.3) is 6.08 Å². The van der Waals surface area contributed by atoms with Gasteiger partial charge in [0.05, 0.1) is 5.69 Å². The predicted octanol–water partition coefficient (Wildman–Crippen LogP) is 1.49. The number of hydrogen-bond donors (Lipinski definition) is 0. The number of hydrogen-bond acceptors (Lipinski definition) is 2. The molecule has 1 aromatic rings. The summed E-state index contributed by atoms with van der Waals surface area (Å²) in [4.78, 5) is 11.0. The van der Waals surface area contributed by atoms with E-state index in [1.807, 2.05) is 0 Å². The summed E-state index contributed by atoms with van der Waals surface area (Å²) in [6.07, 6.45) is 5.20. The van der Waals surface area contributed by atoms with Crippen LogP contribution in [0.15, 0.2) is 27.9 Å². The minimum Gasteiger partial charge on any atom is -0.413 e. The SMILES string of the molecule is C=C/C=C\c1c(C)oc(=O)n1C. The van der Waals surface area contributed by atoms with Gasteiger partial charge in [-0.05, 0) is 13.0 Å². The Morgan fingerprint density at radius 2 is 2.25 bits per heavy atom. The molecule has 0 aliphatic carbocycles. The van der Waals surface area contributed by atoms with E-state index < -0.39 is 0 Å². The van der Waals surface area contributed by atoms with E-state index in [4.69, 9.17) is 4.42 Å². The van der Waals surface area contributed by atoms with E-state index >= 15 is 0 Å². The third kappa shape index (κ3) is 1.39. The lowest BCUT2D eigenvalue weighted by Crippen LogP contribution is -2.10. The average Bonchev–Trinajstić information content (AvgIpc) is 2.25. The molecule has 0 amide bonds. The van der Waals surface area contributed by atoms with Crippen LogP contribution in [0.2, 0.25) is 0 Å². The van der Waals surface area contributed by atoms with Crippen LogP contribution in [-0.2, 0) is 7.05 Å². The summed E-state index contributed by atoms with van der Waals surface area (Å²) >= 11 is 0. The number of oxazole rings is 1. The van der Waals surface area contributed by atoms with Gasteiger partial charge in [-0.2, -0.15) is 0 Å². The zero-order chi connectivity index (χ0) is 9.14. The summed E-state index contributed by atoms with van der Waals surface area (Å²) in [5, 5.41) is 0. The van der Waals surface area contributed by atoms with Crippen LogP contribution in [0.4, 0.5) is 0 Å². The van der Waals surface area contributed by atoms with Crippen LogP contribution in [0.5, 0.6) is 0 Å². The van der Waals surface area contributed by atoms with Gasteiger partial charge in [0.2, 0.25) is 0 Å². The third-order valence-electron chi connectivity index (χ3n) is 1.63. The van der Waals surface area contributed by atoms with Crippen LogP contribution in [0.1, 0.15) is 11.5 Å². The monoisotopic (exact) mass is 165 g/mol. The van der Waals surface area contributed by atoms with Crippen molar-refractivity contribution >= 4 is 6.08 Å². The maximum atomic E-state index is 11.0. The van der Waals surface area contributed by atoms with Gasteiger partial charge in [0.25, 0.3) is 0 Å². The standard InChI is InChI=1S/C9H11NO2/c1-4-5-6-8-7(2)12-9(11)10(8)3/h4-6H,1H2,2-3H3/b6-5-. The van der Waals surface area contributed by atoms with E-state index in [-0.39, 0.29) is 5.76 Å². The quantitative estimate of drug-likeness (QED) is 0.622. The summed E-state index contributed by atoms with van der Waals surface area (Å²) in [6, 6.07) is 0. The molecule has 0 radical (unpaired) electrons. The summed E-state index contributed by atoms with van der Waals surface area (Å²) in [5.74, 6) is 0.289. The van der Waals surface area contributed by atoms with Gasteiger partial charge in [0, 0.05) is 7.05 Å². The van der Waals surface area contributed by atoms with Crippen molar-refractivity contribution in [3.05, 3.63) is 40.7 Å². The van der Waals surface area contributed by atoms with Gasteiger partial charge in [-0.3, -0.25) is 4.57 Å². The van der Waals surface area contributed by atoms with Crippen LogP contribution in [-0.4, -0.2) is 4.57 Å². The molecule has 0 saturated heterocycles. The molecule has 1 aromatic heterocycles. The molecule has 0 N–H and O–H groups in total. The number of aromatic nitrogens is 1. The molecule has 0 aromatic carbocycles. The van der Waals surface area contributed by atoms with E-state index in [2.05, 4.69) is 6.58 Å². The van der Waals surface area contributed by atoms with Crippen LogP contribution in [0.3, 0.4) is 0 Å². The van der Waals surface area contributed by atoms with Gasteiger partial charge in [0.15, 0.2) is 0 Å². The Hall–Kier alpha value is -1.51. The molecule has 0 fully saturated rings. The number of allylic oxidation sites excluding steroid dienone is 2. The fourth-order valence-electron chi connectivity index (χ4n) is 0.975. The molecule has 12 heavy (non-hydrogen) atoms. The maximum Gasteiger partial charge on any atom is 0.419 e. The summed E-state index contributed by atoms with van der Waals surface area (Å²) < 4.78 is 6.32. The fraction of sp³-hybridized carbons (Fsp3) is 0.222. The minimum atomic E-state index is -0.337. The Bertz CT molecular complexity index is 368. The Morgan fingerprint density at radius 1 is 1.58 bits per heavy atom. The van der Waals surface area contributed by atoms with E-state index in [1.54, 1.807) is 32.2 Å². The number of aryl methyl sites for hydroxylation is 1. The molecule has 1 rings (SSSR count). The molecule has 0 bridgehead atoms. The zero-order valence-electron chi connectivity index (χ0n) is 7.20. The van der Waals surface area contributed by atoms with Gasteiger partial charge in [-0.25, -0.2) is 4.79 Å². The van der Waals surface area contributed by atoms with E-state index in [1.165, 1.54) is 4.57 Å². The normalized spacial score (nSPS) is 10.8. The molecule has 3 heteroatoms. The molecule has 0 saturated carbocycles. The highest BCUT2D eigenvalue weighted by Gasteiger charge is 2.05. The Kier molecular flexibility index (Phi) is 2.33. The molecular weight excluding hydrogens is 154 g/mol. The highest BCUT2D eigenvalue weighted by atomic mass is 16.4. The highest BCUT2D eigenvalue weighted by Crippen LogP contribution is 2.06. The lowest BCUT2D eigenvalue weighted by atomic mass is 10.3. The fourth-order valence-corrected chi connectivity index (χ4v) is 0.975. The first-order chi connectivity index (χ1) is 5.66. The number of rotatable bonds is 2. The van der Waals surface area contributed by atoms with Gasteiger partial charge >= 0.3 is 5.76 Å². The van der Waals surface area contributed by atoms with Gasteiger partial charge in [-0.1, -0.05) is 18.7 Å². The van der Waals surface area contributed by atoms with Crippen LogP contribution in [0, 0.1) is 6.92 Å². The van der Waals surface area contributed by atoms with Crippen LogP contribution < -0.4 is 5.76 Å². The van der Waals surface area contributed by atoms with Crippen molar-refractivity contribution in [2.75, 3.05) is 0 Å². The topological polar surface area (TPSA) is 35.1 Å². The first-order valence-electron chi connectivity index (χ1n) is 3.62. The number of nitrogens with zero attached hydrogens (tertiary/aromatic N) is 1. The van der Waals surface area contributed by atoms with Crippen molar-refractivity contribution in [2.45, 2.75) is 6.92 Å². The van der Waals surface area contributed by atoms with Gasteiger partial charge in [-0.15, -0.1) is 0 Å². The van der Waals surface area contributed by atoms with Gasteiger partial charge < -0.3 is 4.42 Å². The Morgan fingerprint density at radius 3 is 2.67 bits per heavy atom. The molecule has 0 spiro atoms. The first-order valence-corrected chi connectivity index (χ1v) is 3.62. The molecule has 1 heterocycles. The van der Waals surface area contributed by atoms with Gasteiger partial charge in [0.1, 0.15) is 5.76 Å². The van der Waals surface area contributed by atoms with Crippen LogP contribution >= 0.6 is 0 Å². The zero-order valence-corrected chi connectivity index (χ0v) is 7.20. The van der Waals surface area contributed by atoms with E-state index in [9.17, 15) is 4.79 Å². The smallest absolute Gasteiger partial charge is 0.413 e. The molecule has 64 valence electrons. The summed E-state index contributed by atoms with van der Waals surface area (Å²) in [5.41, 5.74) is 0.778. The van der Waals surface area contributed by atoms with Crippen molar-refractivity contribution in [3.8, 4) is 0 Å². The highest BCUT2D eigenvalue weighted by molar-refractivity contribution is 5.48. The maximum absolute atomic E-state index is 11.0. The predicted molar refractivity (Wildman–Crippen MR) is 47.9 cm³/mol. The molecular formula is C9H11NO2. The molecule has 0 unspecified atom stereocenters. The first kappa shape index (κ1) is 8.59. The largest absolute Gasteiger partial charge is 0.419 e. The average molecular weight is 165 g/mol. The second-order valence-corrected chi connectivity index (χ2v) is 2.46. The lowest BCUT2D eigenvalue weighted by Gasteiger charge is -1.91. The Balaban J connectivity index is 3.22. The Labute approximate surface area is 70.6 Å². The minimum absolute atomic E-state index is 0.337. The van der Waals surface area contributed by atoms with Crippen molar-refractivity contribution in [2.24, 2.45) is 7.05 Å². The third-order valence-corrected chi connectivity index (χ3v) is 1.63. The van der Waals surface area contributed by atoms with Crippen molar-refractivity contribution < 1.29 is 4.42 Å². The molecule has 3 nitrogen and oxygen atoms in total. The van der Waals surface area contributed by atoms with Crippen molar-refractivity contribution in [1.82, 2.24) is 4.57 Å². The second-order valence-electron chi connectivity index (χ2n) is 2.46. The molecule has 0 atom stereocenters. The molecule has 0 aliphatic rings. The van der Waals surface area contributed by atoms with Crippen molar-refractivity contribution in [1.29, 1.82) is 0 Å². The summed E-state index contributed by atoms with van der Waals surface area (Å²) in [7, 11) is 1.67. The van der Waals surface area contributed by atoms with E-state index in [0.717, 1.165) is 5.69 Å². The lowest BCUT2D eigenvalue weighted by molar-refractivity contribution is 0.472. The summed E-state index contributed by atoms with van der Waals surface area (Å²) in [6.45, 7) is 5.29. The van der Waals surface area contributed by atoms with Crippen molar-refractivity contribution in [3.63, 3.8) is 0 Å². The molecule has 0 aliphatic heterocycles.